The van der Waals surface area contributed by atoms with Crippen molar-refractivity contribution in [2.45, 2.75) is 25.9 Å². The Labute approximate surface area is 214 Å². The Morgan fingerprint density at radius 3 is 2.38 bits per heavy atom. The largest absolute Gasteiger partial charge is 0.463 e. The van der Waals surface area contributed by atoms with E-state index < -0.39 is 29.7 Å². The van der Waals surface area contributed by atoms with Crippen molar-refractivity contribution in [1.29, 1.82) is 0 Å². The third-order valence-corrected chi connectivity index (χ3v) is 6.74. The van der Waals surface area contributed by atoms with Crippen molar-refractivity contribution in [3.63, 3.8) is 0 Å². The van der Waals surface area contributed by atoms with Crippen molar-refractivity contribution in [2.24, 2.45) is 0 Å². The summed E-state index contributed by atoms with van der Waals surface area (Å²) < 4.78 is 34.2. The van der Waals surface area contributed by atoms with E-state index in [0.29, 0.717) is 25.3 Å². The van der Waals surface area contributed by atoms with Crippen LogP contribution in [-0.4, -0.2) is 78.5 Å². The number of nitrogens with one attached hydrogen (secondary N) is 1. The van der Waals surface area contributed by atoms with Gasteiger partial charge in [-0.25, -0.2) is 18.4 Å². The molecule has 0 aliphatic carbocycles. The summed E-state index contributed by atoms with van der Waals surface area (Å²) in [4.78, 5) is 43.9. The second-order valence-electron chi connectivity index (χ2n) is 9.11. The van der Waals surface area contributed by atoms with Crippen LogP contribution in [0.1, 0.15) is 35.8 Å². The molecule has 2 aromatic carbocycles. The molecular weight excluding hydrogens is 482 g/mol. The lowest BCUT2D eigenvalue weighted by Gasteiger charge is -2.42. The first-order valence-corrected chi connectivity index (χ1v) is 12.2. The Morgan fingerprint density at radius 1 is 1.05 bits per heavy atom. The Hall–Kier alpha value is -3.79. The number of hydrogen-bond donors (Lipinski definition) is 1. The van der Waals surface area contributed by atoms with E-state index in [2.05, 4.69) is 5.32 Å². The zero-order chi connectivity index (χ0) is 26.7. The number of halogens is 2. The van der Waals surface area contributed by atoms with Crippen LogP contribution in [0.25, 0.3) is 0 Å². The van der Waals surface area contributed by atoms with Gasteiger partial charge >= 0.3 is 12.0 Å². The van der Waals surface area contributed by atoms with E-state index in [9.17, 15) is 23.2 Å². The molecule has 37 heavy (non-hydrogen) atoms. The van der Waals surface area contributed by atoms with Gasteiger partial charge in [-0.15, -0.1) is 0 Å². The summed E-state index contributed by atoms with van der Waals surface area (Å²) >= 11 is 0. The highest BCUT2D eigenvalue weighted by Gasteiger charge is 2.39. The number of likely N-dealkylation sites (N-methyl/N-ethyl adjacent to an activating group) is 1. The van der Waals surface area contributed by atoms with Crippen LogP contribution in [0.2, 0.25) is 0 Å². The van der Waals surface area contributed by atoms with Crippen LogP contribution in [0.5, 0.6) is 0 Å². The molecule has 2 aliphatic rings. The highest BCUT2D eigenvalue weighted by molar-refractivity contribution is 5.95. The first-order chi connectivity index (χ1) is 17.7. The molecule has 8 nitrogen and oxygen atoms in total. The number of piperazine rings is 1. The van der Waals surface area contributed by atoms with E-state index in [1.807, 2.05) is 11.8 Å². The molecule has 1 saturated heterocycles. The Bertz CT molecular complexity index is 1230. The number of amides is 3. The monoisotopic (exact) mass is 512 g/mol. The number of benzene rings is 2. The summed E-state index contributed by atoms with van der Waals surface area (Å²) in [5.74, 6) is -2.14. The molecule has 2 atom stereocenters. The fourth-order valence-electron chi connectivity index (χ4n) is 4.82. The lowest BCUT2D eigenvalue weighted by atomic mass is 9.93. The topological polar surface area (TPSA) is 82.2 Å². The predicted octanol–water partition coefficient (Wildman–Crippen LogP) is 3.32. The lowest BCUT2D eigenvalue weighted by molar-refractivity contribution is -0.139. The molecule has 1 fully saturated rings. The Morgan fingerprint density at radius 2 is 1.73 bits per heavy atom. The standard InChI is InChI=1S/C27H30F2N4O4/c1-4-37-26(35)23-22(31(3)27(36)30-24(23)18-9-5-7-11-20(18)28)16-32-13-14-33(17(2)15-32)25(34)19-10-6-8-12-21(19)29/h5-12,17,24H,4,13-16H2,1-3H3,(H,30,36). The van der Waals surface area contributed by atoms with E-state index in [0.717, 1.165) is 0 Å². The molecule has 0 aromatic heterocycles. The molecule has 0 spiro atoms. The number of carbonyl (C=O) groups is 3. The molecule has 1 N–H and O–H groups in total. The summed E-state index contributed by atoms with van der Waals surface area (Å²) in [5, 5.41) is 2.72. The van der Waals surface area contributed by atoms with Crippen molar-refractivity contribution in [3.8, 4) is 0 Å². The maximum absolute atomic E-state index is 14.7. The number of rotatable bonds is 6. The minimum Gasteiger partial charge on any atom is -0.463 e. The first kappa shape index (κ1) is 26.3. The number of nitrogens with zero attached hydrogens (tertiary/aromatic N) is 3. The van der Waals surface area contributed by atoms with Gasteiger partial charge in [0.05, 0.1) is 23.8 Å². The fraction of sp³-hybridized carbons (Fsp3) is 0.370. The molecule has 2 aliphatic heterocycles. The van der Waals surface area contributed by atoms with E-state index in [1.54, 1.807) is 31.0 Å². The molecule has 2 aromatic rings. The molecule has 10 heteroatoms. The van der Waals surface area contributed by atoms with Crippen molar-refractivity contribution in [3.05, 3.63) is 82.6 Å². The predicted molar refractivity (Wildman–Crippen MR) is 132 cm³/mol. The van der Waals surface area contributed by atoms with Gasteiger partial charge in [-0.2, -0.15) is 0 Å². The molecule has 4 rings (SSSR count). The lowest BCUT2D eigenvalue weighted by Crippen LogP contribution is -2.56. The van der Waals surface area contributed by atoms with Gasteiger partial charge in [0.1, 0.15) is 11.6 Å². The molecule has 0 saturated carbocycles. The van der Waals surface area contributed by atoms with Gasteiger partial charge in [0.15, 0.2) is 0 Å². The number of ether oxygens (including phenoxy) is 1. The van der Waals surface area contributed by atoms with Crippen LogP contribution in [0.4, 0.5) is 13.6 Å². The van der Waals surface area contributed by atoms with Crippen LogP contribution >= 0.6 is 0 Å². The van der Waals surface area contributed by atoms with Gasteiger partial charge in [-0.3, -0.25) is 14.6 Å². The molecular formula is C27H30F2N4O4. The van der Waals surface area contributed by atoms with Crippen LogP contribution in [-0.2, 0) is 9.53 Å². The maximum Gasteiger partial charge on any atom is 0.338 e. The Balaban J connectivity index is 1.62. The molecule has 0 bridgehead atoms. The molecule has 2 unspecified atom stereocenters. The number of hydrogen-bond acceptors (Lipinski definition) is 5. The number of esters is 1. The second-order valence-corrected chi connectivity index (χ2v) is 9.11. The van der Waals surface area contributed by atoms with Crippen LogP contribution in [0.15, 0.2) is 59.8 Å². The van der Waals surface area contributed by atoms with Gasteiger partial charge in [0.2, 0.25) is 0 Å². The summed E-state index contributed by atoms with van der Waals surface area (Å²) in [7, 11) is 1.54. The summed E-state index contributed by atoms with van der Waals surface area (Å²) in [6.45, 7) is 5.06. The third-order valence-electron chi connectivity index (χ3n) is 6.74. The van der Waals surface area contributed by atoms with E-state index in [1.165, 1.54) is 41.3 Å². The smallest absolute Gasteiger partial charge is 0.338 e. The third kappa shape index (κ3) is 5.34. The summed E-state index contributed by atoms with van der Waals surface area (Å²) in [6.07, 6.45) is 0. The molecule has 196 valence electrons. The summed E-state index contributed by atoms with van der Waals surface area (Å²) in [5.41, 5.74) is 0.743. The number of urea groups is 1. The van der Waals surface area contributed by atoms with Crippen LogP contribution in [0.3, 0.4) is 0 Å². The average Bonchev–Trinajstić information content (AvgIpc) is 2.87. The van der Waals surface area contributed by atoms with Crippen molar-refractivity contribution in [2.75, 3.05) is 39.8 Å². The zero-order valence-corrected chi connectivity index (χ0v) is 21.0. The highest BCUT2D eigenvalue weighted by Crippen LogP contribution is 2.33. The van der Waals surface area contributed by atoms with Gasteiger partial charge in [0.25, 0.3) is 5.91 Å². The van der Waals surface area contributed by atoms with Gasteiger partial charge in [0, 0.05) is 50.5 Å². The minimum atomic E-state index is -1.01. The minimum absolute atomic E-state index is 0.0199. The second kappa shape index (κ2) is 11.1. The fourth-order valence-corrected chi connectivity index (χ4v) is 4.82. The van der Waals surface area contributed by atoms with Crippen LogP contribution < -0.4 is 5.32 Å². The Kier molecular flexibility index (Phi) is 7.87. The highest BCUT2D eigenvalue weighted by atomic mass is 19.1. The SMILES string of the molecule is CCOC(=O)C1=C(CN2CCN(C(=O)c3ccccc3F)C(C)C2)N(C)C(=O)NC1c1ccccc1F. The molecule has 0 radical (unpaired) electrons. The normalized spacial score (nSPS) is 20.6. The maximum atomic E-state index is 14.7. The van der Waals surface area contributed by atoms with Gasteiger partial charge in [-0.05, 0) is 32.0 Å². The van der Waals surface area contributed by atoms with Crippen molar-refractivity contribution in [1.82, 2.24) is 20.0 Å². The quantitative estimate of drug-likeness (QED) is 0.601. The van der Waals surface area contributed by atoms with Gasteiger partial charge < -0.3 is 15.0 Å². The molecule has 2 heterocycles. The zero-order valence-electron chi connectivity index (χ0n) is 21.0. The first-order valence-electron chi connectivity index (χ1n) is 12.2. The van der Waals surface area contributed by atoms with E-state index in [4.69, 9.17) is 4.74 Å². The van der Waals surface area contributed by atoms with E-state index >= 15 is 0 Å². The van der Waals surface area contributed by atoms with Crippen molar-refractivity contribution >= 4 is 17.9 Å². The van der Waals surface area contributed by atoms with Crippen LogP contribution in [0, 0.1) is 11.6 Å². The number of carbonyl (C=O) groups excluding carboxylic acids is 3. The van der Waals surface area contributed by atoms with Gasteiger partial charge in [-0.1, -0.05) is 30.3 Å². The van der Waals surface area contributed by atoms with Crippen molar-refractivity contribution < 1.29 is 27.9 Å². The average molecular weight is 513 g/mol. The van der Waals surface area contributed by atoms with E-state index in [-0.39, 0.29) is 41.8 Å². The summed E-state index contributed by atoms with van der Waals surface area (Å²) in [6, 6.07) is 10.1. The molecule has 3 amide bonds.